The largest absolute Gasteiger partial charge is 0.394 e. The highest BCUT2D eigenvalue weighted by Crippen LogP contribution is 2.33. The predicted octanol–water partition coefficient (Wildman–Crippen LogP) is 2.99. The summed E-state index contributed by atoms with van der Waals surface area (Å²) in [6, 6.07) is 10.1. The fourth-order valence-electron chi connectivity index (χ4n) is 3.40. The lowest BCUT2D eigenvalue weighted by atomic mass is 10.1. The van der Waals surface area contributed by atoms with Crippen LogP contribution in [0.4, 0.5) is 0 Å². The Morgan fingerprint density at radius 2 is 1.83 bits per heavy atom. The van der Waals surface area contributed by atoms with Gasteiger partial charge in [-0.1, -0.05) is 37.1 Å². The number of nitrogens with one attached hydrogen (secondary N) is 1. The minimum absolute atomic E-state index is 0.0622. The van der Waals surface area contributed by atoms with Gasteiger partial charge < -0.3 is 5.11 Å². The van der Waals surface area contributed by atoms with Crippen LogP contribution in [0, 0.1) is 0 Å². The first-order chi connectivity index (χ1) is 11.8. The third-order valence-corrected chi connectivity index (χ3v) is 4.68. The average molecular weight is 323 g/mol. The van der Waals surface area contributed by atoms with Crippen molar-refractivity contribution in [3.05, 3.63) is 42.4 Å². The molecule has 0 atom stereocenters. The molecule has 0 radical (unpaired) electrons. The Morgan fingerprint density at radius 1 is 1.08 bits per heavy atom. The number of benzene rings is 1. The third kappa shape index (κ3) is 2.85. The van der Waals surface area contributed by atoms with Crippen LogP contribution in [0.15, 0.2) is 36.5 Å². The van der Waals surface area contributed by atoms with Gasteiger partial charge in [0.05, 0.1) is 18.8 Å². The van der Waals surface area contributed by atoms with Crippen molar-refractivity contribution in [3.8, 4) is 22.6 Å². The van der Waals surface area contributed by atoms with Crippen molar-refractivity contribution in [1.29, 1.82) is 0 Å². The van der Waals surface area contributed by atoms with Crippen LogP contribution in [-0.4, -0.2) is 36.7 Å². The molecule has 2 heterocycles. The average Bonchev–Trinajstić information content (AvgIpc) is 3.36. The van der Waals surface area contributed by atoms with Crippen molar-refractivity contribution in [2.45, 2.75) is 38.1 Å². The molecule has 1 fully saturated rings. The molecule has 6 heteroatoms. The first-order valence-electron chi connectivity index (χ1n) is 8.51. The standard InChI is InChI=1S/C18H21N5O/c24-12-11-23-18(20-17(22-23)14-3-1-2-4-14)15-7-5-13(6-8-15)16-9-10-19-21-16/h5-10,14,24H,1-4,11-12H2,(H,19,21). The van der Waals surface area contributed by atoms with Crippen LogP contribution in [0.1, 0.15) is 37.4 Å². The van der Waals surface area contributed by atoms with Crippen molar-refractivity contribution in [3.63, 3.8) is 0 Å². The maximum Gasteiger partial charge on any atom is 0.158 e. The lowest BCUT2D eigenvalue weighted by Gasteiger charge is -2.05. The molecule has 24 heavy (non-hydrogen) atoms. The second-order valence-electron chi connectivity index (χ2n) is 6.27. The van der Waals surface area contributed by atoms with Crippen molar-refractivity contribution >= 4 is 0 Å². The summed E-state index contributed by atoms with van der Waals surface area (Å²) in [5.74, 6) is 2.23. The van der Waals surface area contributed by atoms with Gasteiger partial charge in [0.15, 0.2) is 11.6 Å². The van der Waals surface area contributed by atoms with Gasteiger partial charge in [-0.2, -0.15) is 10.2 Å². The zero-order valence-corrected chi connectivity index (χ0v) is 13.5. The number of H-pyrrole nitrogens is 1. The Labute approximate surface area is 140 Å². The molecule has 2 N–H and O–H groups in total. The van der Waals surface area contributed by atoms with E-state index >= 15 is 0 Å². The molecule has 124 valence electrons. The molecular weight excluding hydrogens is 302 g/mol. The van der Waals surface area contributed by atoms with E-state index in [1.165, 1.54) is 25.7 Å². The van der Waals surface area contributed by atoms with Crippen molar-refractivity contribution in [2.24, 2.45) is 0 Å². The lowest BCUT2D eigenvalue weighted by Crippen LogP contribution is -2.06. The minimum Gasteiger partial charge on any atom is -0.394 e. The van der Waals surface area contributed by atoms with Crippen LogP contribution in [0.5, 0.6) is 0 Å². The van der Waals surface area contributed by atoms with Crippen molar-refractivity contribution < 1.29 is 5.11 Å². The Hall–Kier alpha value is -2.47. The van der Waals surface area contributed by atoms with Gasteiger partial charge in [-0.3, -0.25) is 5.10 Å². The highest BCUT2D eigenvalue weighted by atomic mass is 16.3. The van der Waals surface area contributed by atoms with E-state index in [1.54, 1.807) is 6.20 Å². The summed E-state index contributed by atoms with van der Waals surface area (Å²) < 4.78 is 1.83. The van der Waals surface area contributed by atoms with Gasteiger partial charge in [0.2, 0.25) is 0 Å². The molecule has 6 nitrogen and oxygen atoms in total. The number of hydrogen-bond acceptors (Lipinski definition) is 4. The van der Waals surface area contributed by atoms with E-state index in [2.05, 4.69) is 27.4 Å². The molecule has 1 aliphatic rings. The fraction of sp³-hybridized carbons (Fsp3) is 0.389. The van der Waals surface area contributed by atoms with Crippen LogP contribution >= 0.6 is 0 Å². The van der Waals surface area contributed by atoms with Gasteiger partial charge >= 0.3 is 0 Å². The quantitative estimate of drug-likeness (QED) is 0.756. The predicted molar refractivity (Wildman–Crippen MR) is 91.3 cm³/mol. The Bertz CT molecular complexity index is 785. The lowest BCUT2D eigenvalue weighted by molar-refractivity contribution is 0.269. The number of nitrogens with zero attached hydrogens (tertiary/aromatic N) is 4. The monoisotopic (exact) mass is 323 g/mol. The topological polar surface area (TPSA) is 79.6 Å². The van der Waals surface area contributed by atoms with E-state index in [4.69, 9.17) is 4.98 Å². The molecule has 0 amide bonds. The first-order valence-corrected chi connectivity index (χ1v) is 8.51. The van der Waals surface area contributed by atoms with Gasteiger partial charge in [0, 0.05) is 17.7 Å². The molecule has 4 rings (SSSR count). The van der Waals surface area contributed by atoms with Gasteiger partial charge in [-0.25, -0.2) is 9.67 Å². The van der Waals surface area contributed by atoms with Gasteiger partial charge in [0.25, 0.3) is 0 Å². The molecule has 0 aliphatic heterocycles. The molecule has 3 aromatic rings. The summed E-state index contributed by atoms with van der Waals surface area (Å²) in [6.45, 7) is 0.532. The minimum atomic E-state index is 0.0622. The summed E-state index contributed by atoms with van der Waals surface area (Å²) >= 11 is 0. The number of rotatable bonds is 5. The molecule has 1 aromatic carbocycles. The molecule has 0 unspecified atom stereocenters. The number of aliphatic hydroxyl groups excluding tert-OH is 1. The highest BCUT2D eigenvalue weighted by molar-refractivity contribution is 5.65. The van der Waals surface area contributed by atoms with E-state index in [0.717, 1.165) is 28.5 Å². The highest BCUT2D eigenvalue weighted by Gasteiger charge is 2.23. The second-order valence-corrected chi connectivity index (χ2v) is 6.27. The Balaban J connectivity index is 1.66. The van der Waals surface area contributed by atoms with E-state index in [1.807, 2.05) is 22.9 Å². The normalized spacial score (nSPS) is 15.2. The number of aromatic nitrogens is 5. The first kappa shape index (κ1) is 15.1. The molecule has 1 aliphatic carbocycles. The number of aliphatic hydroxyl groups is 1. The SMILES string of the molecule is OCCn1nc(C2CCCC2)nc1-c1ccc(-c2ccn[nH]2)cc1. The van der Waals surface area contributed by atoms with Crippen LogP contribution in [0.3, 0.4) is 0 Å². The van der Waals surface area contributed by atoms with E-state index in [-0.39, 0.29) is 6.61 Å². The second kappa shape index (κ2) is 6.57. The molecule has 0 spiro atoms. The Morgan fingerprint density at radius 3 is 2.50 bits per heavy atom. The smallest absolute Gasteiger partial charge is 0.158 e. The van der Waals surface area contributed by atoms with Crippen LogP contribution < -0.4 is 0 Å². The van der Waals surface area contributed by atoms with Crippen molar-refractivity contribution in [2.75, 3.05) is 6.61 Å². The van der Waals surface area contributed by atoms with Gasteiger partial charge in [-0.05, 0) is 24.5 Å². The summed E-state index contributed by atoms with van der Waals surface area (Å²) in [5, 5.41) is 21.0. The number of aromatic amines is 1. The van der Waals surface area contributed by atoms with Gasteiger partial charge in [0.1, 0.15) is 0 Å². The molecule has 1 saturated carbocycles. The summed E-state index contributed by atoms with van der Waals surface area (Å²) in [7, 11) is 0. The summed E-state index contributed by atoms with van der Waals surface area (Å²) in [6.07, 6.45) is 6.60. The zero-order chi connectivity index (χ0) is 16.4. The molecule has 0 saturated heterocycles. The third-order valence-electron chi connectivity index (χ3n) is 4.68. The van der Waals surface area contributed by atoms with Crippen LogP contribution in [-0.2, 0) is 6.54 Å². The summed E-state index contributed by atoms with van der Waals surface area (Å²) in [4.78, 5) is 4.79. The maximum absolute atomic E-state index is 9.34. The molecular formula is C18H21N5O. The van der Waals surface area contributed by atoms with Crippen LogP contribution in [0.25, 0.3) is 22.6 Å². The zero-order valence-electron chi connectivity index (χ0n) is 13.5. The Kier molecular flexibility index (Phi) is 4.13. The summed E-state index contributed by atoms with van der Waals surface area (Å²) in [5.41, 5.74) is 3.09. The maximum atomic E-state index is 9.34. The van der Waals surface area contributed by atoms with Gasteiger partial charge in [-0.15, -0.1) is 0 Å². The number of hydrogen-bond donors (Lipinski definition) is 2. The van der Waals surface area contributed by atoms with Crippen LogP contribution in [0.2, 0.25) is 0 Å². The molecule has 0 bridgehead atoms. The van der Waals surface area contributed by atoms with E-state index in [0.29, 0.717) is 12.5 Å². The van der Waals surface area contributed by atoms with E-state index < -0.39 is 0 Å². The van der Waals surface area contributed by atoms with Crippen molar-refractivity contribution in [1.82, 2.24) is 25.0 Å². The molecule has 2 aromatic heterocycles. The van der Waals surface area contributed by atoms with E-state index in [9.17, 15) is 5.11 Å². The fourth-order valence-corrected chi connectivity index (χ4v) is 3.40.